The summed E-state index contributed by atoms with van der Waals surface area (Å²) in [5, 5.41) is 0.793. The molecule has 1 aromatic heterocycles. The van der Waals surface area contributed by atoms with Crippen molar-refractivity contribution in [1.82, 2.24) is 0 Å². The molecule has 0 bridgehead atoms. The van der Waals surface area contributed by atoms with E-state index < -0.39 is 6.43 Å². The fourth-order valence-electron chi connectivity index (χ4n) is 1.46. The van der Waals surface area contributed by atoms with E-state index in [-0.39, 0.29) is 5.56 Å². The summed E-state index contributed by atoms with van der Waals surface area (Å²) in [5.74, 6) is 0. The number of alkyl halides is 2. The molecule has 0 unspecified atom stereocenters. The lowest BCUT2D eigenvalue weighted by molar-refractivity contribution is 0.152. The molecule has 0 nitrogen and oxygen atoms in total. The van der Waals surface area contributed by atoms with Crippen LogP contribution in [0.1, 0.15) is 17.6 Å². The first-order valence-corrected chi connectivity index (χ1v) is 5.25. The van der Waals surface area contributed by atoms with Crippen LogP contribution in [-0.4, -0.2) is 0 Å². The van der Waals surface area contributed by atoms with E-state index in [9.17, 15) is 8.78 Å². The number of rotatable bonds is 1. The van der Waals surface area contributed by atoms with E-state index in [4.69, 9.17) is 11.6 Å². The first-order valence-electron chi connectivity index (χ1n) is 4.06. The Bertz CT molecular complexity index is 476. The molecule has 0 radical (unpaired) electrons. The predicted octanol–water partition coefficient (Wildman–Crippen LogP) is 4.80. The maximum Gasteiger partial charge on any atom is 0.265 e. The van der Waals surface area contributed by atoms with Gasteiger partial charge in [0.2, 0.25) is 0 Å². The minimum Gasteiger partial charge on any atom is -0.205 e. The van der Waals surface area contributed by atoms with E-state index in [2.05, 4.69) is 0 Å². The standard InChI is InChI=1S/C10H7ClF2S/c1-5-2-3-6-4-7(11)14-9(6)8(5)10(12)13/h2-4,10H,1H3. The molecular formula is C10H7ClF2S. The van der Waals surface area contributed by atoms with Gasteiger partial charge in [-0.2, -0.15) is 0 Å². The zero-order valence-electron chi connectivity index (χ0n) is 7.35. The van der Waals surface area contributed by atoms with Crippen LogP contribution in [0.5, 0.6) is 0 Å². The van der Waals surface area contributed by atoms with Crippen LogP contribution < -0.4 is 0 Å². The Kier molecular flexibility index (Phi) is 2.45. The quantitative estimate of drug-likeness (QED) is 0.663. The van der Waals surface area contributed by atoms with Gasteiger partial charge < -0.3 is 0 Å². The Morgan fingerprint density at radius 2 is 2.07 bits per heavy atom. The highest BCUT2D eigenvalue weighted by Gasteiger charge is 2.16. The summed E-state index contributed by atoms with van der Waals surface area (Å²) in [6.07, 6.45) is -2.44. The molecule has 74 valence electrons. The normalized spacial score (nSPS) is 11.5. The van der Waals surface area contributed by atoms with Crippen molar-refractivity contribution in [3.63, 3.8) is 0 Å². The summed E-state index contributed by atoms with van der Waals surface area (Å²) in [6, 6.07) is 5.23. The largest absolute Gasteiger partial charge is 0.265 e. The minimum atomic E-state index is -2.44. The second-order valence-electron chi connectivity index (χ2n) is 3.07. The van der Waals surface area contributed by atoms with Crippen LogP contribution in [0.25, 0.3) is 10.1 Å². The third kappa shape index (κ3) is 1.51. The number of thiophene rings is 1. The minimum absolute atomic E-state index is 0.111. The molecule has 1 heterocycles. The van der Waals surface area contributed by atoms with E-state index >= 15 is 0 Å². The van der Waals surface area contributed by atoms with Crippen LogP contribution in [0, 0.1) is 6.92 Å². The first kappa shape index (κ1) is 9.87. The van der Waals surface area contributed by atoms with Crippen molar-refractivity contribution < 1.29 is 8.78 Å². The number of benzene rings is 1. The van der Waals surface area contributed by atoms with Crippen LogP contribution in [-0.2, 0) is 0 Å². The Morgan fingerprint density at radius 3 is 2.71 bits per heavy atom. The molecule has 0 saturated carbocycles. The summed E-state index contributed by atoms with van der Waals surface area (Å²) in [5.41, 5.74) is 0.727. The zero-order valence-corrected chi connectivity index (χ0v) is 8.92. The Balaban J connectivity index is 2.82. The third-order valence-corrected chi connectivity index (χ3v) is 3.44. The molecule has 2 aromatic rings. The molecule has 0 aliphatic carbocycles. The first-order chi connectivity index (χ1) is 6.59. The molecule has 0 fully saturated rings. The number of fused-ring (bicyclic) bond motifs is 1. The second-order valence-corrected chi connectivity index (χ2v) is 4.75. The molecule has 0 aliphatic heterocycles. The van der Waals surface area contributed by atoms with E-state index in [1.165, 1.54) is 11.3 Å². The van der Waals surface area contributed by atoms with Gasteiger partial charge >= 0.3 is 0 Å². The third-order valence-electron chi connectivity index (χ3n) is 2.13. The lowest BCUT2D eigenvalue weighted by Crippen LogP contribution is -1.88. The van der Waals surface area contributed by atoms with Gasteiger partial charge in [0.15, 0.2) is 0 Å². The molecule has 0 atom stereocenters. The molecule has 0 amide bonds. The SMILES string of the molecule is Cc1ccc2cc(Cl)sc2c1C(F)F. The van der Waals surface area contributed by atoms with Crippen LogP contribution in [0.15, 0.2) is 18.2 Å². The van der Waals surface area contributed by atoms with Gasteiger partial charge in [-0.25, -0.2) is 8.78 Å². The van der Waals surface area contributed by atoms with E-state index in [0.29, 0.717) is 14.6 Å². The van der Waals surface area contributed by atoms with Gasteiger partial charge in [-0.15, -0.1) is 11.3 Å². The van der Waals surface area contributed by atoms with Crippen molar-refractivity contribution in [3.8, 4) is 0 Å². The average Bonchev–Trinajstić information content (AvgIpc) is 2.43. The van der Waals surface area contributed by atoms with Crippen LogP contribution >= 0.6 is 22.9 Å². The van der Waals surface area contributed by atoms with Crippen molar-refractivity contribution in [3.05, 3.63) is 33.7 Å². The van der Waals surface area contributed by atoms with Crippen molar-refractivity contribution in [2.45, 2.75) is 13.3 Å². The summed E-state index contributed by atoms with van der Waals surface area (Å²) in [4.78, 5) is 0. The molecule has 0 spiro atoms. The highest BCUT2D eigenvalue weighted by molar-refractivity contribution is 7.22. The fourth-order valence-corrected chi connectivity index (χ4v) is 2.80. The number of aryl methyl sites for hydroxylation is 1. The number of halogens is 3. The molecule has 0 N–H and O–H groups in total. The van der Waals surface area contributed by atoms with E-state index in [1.807, 2.05) is 6.07 Å². The van der Waals surface area contributed by atoms with Gasteiger partial charge in [0, 0.05) is 10.3 Å². The number of hydrogen-bond acceptors (Lipinski definition) is 1. The molecule has 0 saturated heterocycles. The molecular weight excluding hydrogens is 226 g/mol. The summed E-state index contributed by atoms with van der Waals surface area (Å²) in [7, 11) is 0. The van der Waals surface area contributed by atoms with Crippen LogP contribution in [0.3, 0.4) is 0 Å². The van der Waals surface area contributed by atoms with Gasteiger partial charge in [-0.1, -0.05) is 23.7 Å². The van der Waals surface area contributed by atoms with Crippen molar-refractivity contribution in [1.29, 1.82) is 0 Å². The van der Waals surface area contributed by atoms with Crippen molar-refractivity contribution in [2.24, 2.45) is 0 Å². The lowest BCUT2D eigenvalue weighted by atomic mass is 10.1. The Morgan fingerprint density at radius 1 is 1.36 bits per heavy atom. The Hall–Kier alpha value is -0.670. The van der Waals surface area contributed by atoms with Gasteiger partial charge in [-0.3, -0.25) is 0 Å². The van der Waals surface area contributed by atoms with Crippen molar-refractivity contribution in [2.75, 3.05) is 0 Å². The number of hydrogen-bond donors (Lipinski definition) is 0. The molecule has 0 aliphatic rings. The fraction of sp³-hybridized carbons (Fsp3) is 0.200. The second kappa shape index (κ2) is 3.48. The summed E-state index contributed by atoms with van der Waals surface area (Å²) < 4.78 is 26.6. The highest BCUT2D eigenvalue weighted by Crippen LogP contribution is 2.37. The Labute approximate surface area is 89.1 Å². The predicted molar refractivity (Wildman–Crippen MR) is 56.5 cm³/mol. The molecule has 4 heteroatoms. The molecule has 2 rings (SSSR count). The summed E-state index contributed by atoms with van der Waals surface area (Å²) >= 11 is 6.99. The summed E-state index contributed by atoms with van der Waals surface area (Å²) in [6.45, 7) is 1.69. The monoisotopic (exact) mass is 232 g/mol. The molecule has 14 heavy (non-hydrogen) atoms. The van der Waals surface area contributed by atoms with Gasteiger partial charge in [-0.05, 0) is 23.9 Å². The average molecular weight is 233 g/mol. The van der Waals surface area contributed by atoms with E-state index in [1.54, 1.807) is 19.1 Å². The maximum absolute atomic E-state index is 12.7. The van der Waals surface area contributed by atoms with Gasteiger partial charge in [0.25, 0.3) is 6.43 Å². The van der Waals surface area contributed by atoms with Crippen LogP contribution in [0.4, 0.5) is 8.78 Å². The van der Waals surface area contributed by atoms with Gasteiger partial charge in [0.05, 0.1) is 4.34 Å². The maximum atomic E-state index is 12.7. The lowest BCUT2D eigenvalue weighted by Gasteiger charge is -2.05. The van der Waals surface area contributed by atoms with Crippen molar-refractivity contribution >= 4 is 33.0 Å². The van der Waals surface area contributed by atoms with Gasteiger partial charge in [0.1, 0.15) is 0 Å². The molecule has 1 aromatic carbocycles. The van der Waals surface area contributed by atoms with Crippen LogP contribution in [0.2, 0.25) is 4.34 Å². The van der Waals surface area contributed by atoms with E-state index in [0.717, 1.165) is 5.39 Å². The topological polar surface area (TPSA) is 0 Å². The zero-order chi connectivity index (χ0) is 10.3. The smallest absolute Gasteiger partial charge is 0.205 e. The highest BCUT2D eigenvalue weighted by atomic mass is 35.5.